The number of nitrogens with zero attached hydrogens (tertiary/aromatic N) is 3. The summed E-state index contributed by atoms with van der Waals surface area (Å²) in [6.45, 7) is 4.26. The van der Waals surface area contributed by atoms with Crippen LogP contribution >= 0.6 is 23.4 Å². The Morgan fingerprint density at radius 3 is 2.88 bits per heavy atom. The largest absolute Gasteiger partial charge is 0.324 e. The molecule has 3 heterocycles. The number of carbonyl (C=O) groups is 1. The highest BCUT2D eigenvalue weighted by molar-refractivity contribution is 8.14. The summed E-state index contributed by atoms with van der Waals surface area (Å²) >= 11 is 7.33. The first kappa shape index (κ1) is 22.1. The van der Waals surface area contributed by atoms with E-state index in [0.717, 1.165) is 11.6 Å². The first-order valence-electron chi connectivity index (χ1n) is 10.7. The third kappa shape index (κ3) is 4.40. The van der Waals surface area contributed by atoms with Crippen molar-refractivity contribution >= 4 is 40.1 Å². The van der Waals surface area contributed by atoms with Gasteiger partial charge in [0.05, 0.1) is 28.5 Å². The molecule has 172 valence electrons. The summed E-state index contributed by atoms with van der Waals surface area (Å²) in [5.41, 5.74) is 11.1. The molecule has 0 saturated carbocycles. The average molecular weight is 487 g/mol. The number of amides is 1. The van der Waals surface area contributed by atoms with Crippen LogP contribution in [-0.2, 0) is 4.79 Å². The van der Waals surface area contributed by atoms with E-state index in [0.29, 0.717) is 5.69 Å². The van der Waals surface area contributed by atoms with Gasteiger partial charge in [0, 0.05) is 12.4 Å². The average Bonchev–Trinajstić information content (AvgIpc) is 3.40. The highest BCUT2D eigenvalue weighted by Crippen LogP contribution is 2.35. The first-order valence-corrected chi connectivity index (χ1v) is 12.0. The number of anilines is 1. The molecule has 2 aromatic carbocycles. The van der Waals surface area contributed by atoms with E-state index in [1.807, 2.05) is 12.4 Å². The molecule has 0 aromatic heterocycles. The molecule has 3 aliphatic rings. The summed E-state index contributed by atoms with van der Waals surface area (Å²) < 4.78 is 13.2. The molecule has 0 radical (unpaired) electrons. The van der Waals surface area contributed by atoms with Gasteiger partial charge in [-0.1, -0.05) is 41.6 Å². The lowest BCUT2D eigenvalue weighted by molar-refractivity contribution is -0.113. The second-order valence-corrected chi connectivity index (χ2v) is 9.72. The van der Waals surface area contributed by atoms with Crippen molar-refractivity contribution in [1.29, 1.82) is 0 Å². The fourth-order valence-corrected chi connectivity index (χ4v) is 5.24. The summed E-state index contributed by atoms with van der Waals surface area (Å²) in [6.07, 6.45) is 4.90. The van der Waals surface area contributed by atoms with Crippen LogP contribution in [0.3, 0.4) is 0 Å². The van der Waals surface area contributed by atoms with Crippen LogP contribution in [0.2, 0.25) is 5.02 Å². The standard InChI is InChI=1S/C23H24ClFN6OS/c1-13-3-4-15(9-14(13)2)19-11-20-22-27-28-23(30(22)7-8-31(20)29-19)33-12-21(32)26-18-6-5-16(25)10-17(18)24/h3-10,19-20,22,27,29H,11-12H2,1-2H3,(H,26,32). The Kier molecular flexibility index (Phi) is 5.94. The van der Waals surface area contributed by atoms with E-state index < -0.39 is 5.82 Å². The molecule has 3 aliphatic heterocycles. The molecule has 3 N–H and O–H groups in total. The predicted molar refractivity (Wildman–Crippen MR) is 130 cm³/mol. The van der Waals surface area contributed by atoms with E-state index in [4.69, 9.17) is 11.6 Å². The molecule has 1 fully saturated rings. The van der Waals surface area contributed by atoms with Crippen LogP contribution in [-0.4, -0.2) is 38.9 Å². The number of carbonyl (C=O) groups excluding carboxylic acids is 1. The van der Waals surface area contributed by atoms with E-state index in [-0.39, 0.29) is 34.9 Å². The molecule has 2 aromatic rings. The van der Waals surface area contributed by atoms with Crippen molar-refractivity contribution in [2.24, 2.45) is 5.10 Å². The number of thioether (sulfide) groups is 1. The Morgan fingerprint density at radius 1 is 1.24 bits per heavy atom. The Morgan fingerprint density at radius 2 is 2.09 bits per heavy atom. The zero-order valence-corrected chi connectivity index (χ0v) is 19.8. The molecule has 3 atom stereocenters. The lowest BCUT2D eigenvalue weighted by atomic mass is 9.97. The Labute approximate surface area is 201 Å². The fourth-order valence-electron chi connectivity index (χ4n) is 4.26. The van der Waals surface area contributed by atoms with Crippen molar-refractivity contribution in [2.45, 2.75) is 38.5 Å². The number of nitrogens with one attached hydrogen (secondary N) is 3. The number of hydrogen-bond donors (Lipinski definition) is 3. The smallest absolute Gasteiger partial charge is 0.234 e. The van der Waals surface area contributed by atoms with Gasteiger partial charge in [-0.25, -0.2) is 9.82 Å². The second-order valence-electron chi connectivity index (χ2n) is 8.37. The minimum atomic E-state index is -0.447. The summed E-state index contributed by atoms with van der Waals surface area (Å²) in [6, 6.07) is 10.9. The minimum absolute atomic E-state index is 0.0175. The molecule has 10 heteroatoms. The van der Waals surface area contributed by atoms with Gasteiger partial charge < -0.3 is 15.2 Å². The summed E-state index contributed by atoms with van der Waals surface area (Å²) in [4.78, 5) is 14.4. The van der Waals surface area contributed by atoms with Gasteiger partial charge >= 0.3 is 0 Å². The monoisotopic (exact) mass is 486 g/mol. The molecule has 5 rings (SSSR count). The first-order chi connectivity index (χ1) is 15.9. The van der Waals surface area contributed by atoms with Gasteiger partial charge in [0.15, 0.2) is 5.17 Å². The molecule has 0 bridgehead atoms. The Hall–Kier alpha value is -2.75. The van der Waals surface area contributed by atoms with E-state index in [1.54, 1.807) is 0 Å². The lowest BCUT2D eigenvalue weighted by Gasteiger charge is -2.36. The molecule has 33 heavy (non-hydrogen) atoms. The number of aryl methyl sites for hydroxylation is 2. The second kappa shape index (κ2) is 8.89. The van der Waals surface area contributed by atoms with E-state index in [2.05, 4.69) is 63.2 Å². The third-order valence-electron chi connectivity index (χ3n) is 6.18. The molecule has 1 saturated heterocycles. The van der Waals surface area contributed by atoms with Crippen LogP contribution in [0.25, 0.3) is 0 Å². The van der Waals surface area contributed by atoms with Crippen LogP contribution in [0.15, 0.2) is 53.9 Å². The van der Waals surface area contributed by atoms with Gasteiger partial charge in [0.2, 0.25) is 5.91 Å². The molecule has 0 aliphatic carbocycles. The van der Waals surface area contributed by atoms with Crippen LogP contribution in [0.4, 0.5) is 10.1 Å². The van der Waals surface area contributed by atoms with Crippen LogP contribution in [0, 0.1) is 19.7 Å². The Bertz CT molecular complexity index is 1160. The highest BCUT2D eigenvalue weighted by Gasteiger charge is 2.44. The number of hydrogen-bond acceptors (Lipinski definition) is 7. The summed E-state index contributed by atoms with van der Waals surface area (Å²) in [7, 11) is 0. The van der Waals surface area contributed by atoms with Crippen molar-refractivity contribution in [3.8, 4) is 0 Å². The molecule has 1 amide bonds. The highest BCUT2D eigenvalue weighted by atomic mass is 35.5. The zero-order valence-electron chi connectivity index (χ0n) is 18.2. The number of fused-ring (bicyclic) bond motifs is 3. The van der Waals surface area contributed by atoms with Gasteiger partial charge in [0.1, 0.15) is 12.0 Å². The van der Waals surface area contributed by atoms with Crippen molar-refractivity contribution in [3.63, 3.8) is 0 Å². The van der Waals surface area contributed by atoms with E-state index in [9.17, 15) is 9.18 Å². The number of halogens is 2. The third-order valence-corrected chi connectivity index (χ3v) is 7.46. The zero-order chi connectivity index (χ0) is 23.1. The van der Waals surface area contributed by atoms with Crippen LogP contribution in [0.1, 0.15) is 29.2 Å². The van der Waals surface area contributed by atoms with Crippen molar-refractivity contribution in [2.75, 3.05) is 11.1 Å². The lowest BCUT2D eigenvalue weighted by Crippen LogP contribution is -2.54. The van der Waals surface area contributed by atoms with Gasteiger partial charge in [0.25, 0.3) is 0 Å². The van der Waals surface area contributed by atoms with Gasteiger partial charge in [-0.05, 0) is 55.2 Å². The minimum Gasteiger partial charge on any atom is -0.324 e. The van der Waals surface area contributed by atoms with Crippen molar-refractivity contribution < 1.29 is 9.18 Å². The predicted octanol–water partition coefficient (Wildman–Crippen LogP) is 4.07. The van der Waals surface area contributed by atoms with Crippen molar-refractivity contribution in [1.82, 2.24) is 20.8 Å². The van der Waals surface area contributed by atoms with Gasteiger partial charge in [-0.2, -0.15) is 5.10 Å². The molecule has 7 nitrogen and oxygen atoms in total. The fraction of sp³-hybridized carbons (Fsp3) is 0.304. The van der Waals surface area contributed by atoms with Crippen molar-refractivity contribution in [3.05, 3.63) is 76.3 Å². The SMILES string of the molecule is Cc1ccc(C2CC3C4NN=C(SCC(=O)Nc5ccc(F)cc5Cl)N4C=CN3N2)cc1C. The Balaban J connectivity index is 1.19. The number of benzene rings is 2. The quantitative estimate of drug-likeness (QED) is 0.605. The molecule has 0 spiro atoms. The van der Waals surface area contributed by atoms with Gasteiger partial charge in [-0.15, -0.1) is 0 Å². The molecular weight excluding hydrogens is 463 g/mol. The summed E-state index contributed by atoms with van der Waals surface area (Å²) in [5.74, 6) is -0.528. The maximum absolute atomic E-state index is 13.2. The number of hydrazone groups is 1. The number of rotatable bonds is 4. The number of hydrazine groups is 1. The maximum Gasteiger partial charge on any atom is 0.234 e. The van der Waals surface area contributed by atoms with E-state index >= 15 is 0 Å². The van der Waals surface area contributed by atoms with E-state index in [1.165, 1.54) is 46.7 Å². The van der Waals surface area contributed by atoms with Crippen LogP contribution < -0.4 is 16.2 Å². The summed E-state index contributed by atoms with van der Waals surface area (Å²) in [5, 5.41) is 10.2. The molecular formula is C23H24ClFN6OS. The number of amidine groups is 1. The topological polar surface area (TPSA) is 72.0 Å². The molecule has 3 unspecified atom stereocenters. The van der Waals surface area contributed by atoms with Crippen LogP contribution in [0.5, 0.6) is 0 Å². The van der Waals surface area contributed by atoms with Gasteiger partial charge in [-0.3, -0.25) is 10.2 Å². The normalized spacial score (nSPS) is 23.2. The maximum atomic E-state index is 13.2.